The summed E-state index contributed by atoms with van der Waals surface area (Å²) < 4.78 is 12.1. The zero-order chi connectivity index (χ0) is 10.4. The van der Waals surface area contributed by atoms with Crippen molar-refractivity contribution in [3.63, 3.8) is 0 Å². The van der Waals surface area contributed by atoms with Gasteiger partial charge in [0.2, 0.25) is 0 Å². The Kier molecular flexibility index (Phi) is 1.94. The van der Waals surface area contributed by atoms with Gasteiger partial charge in [-0.3, -0.25) is 0 Å². The van der Waals surface area contributed by atoms with Crippen molar-refractivity contribution in [2.24, 2.45) is 0 Å². The minimum atomic E-state index is -1.12. The molecule has 0 fully saturated rings. The molecule has 1 aliphatic heterocycles. The molecular weight excluding hydrogens is 228 g/mol. The van der Waals surface area contributed by atoms with Crippen LogP contribution in [-0.4, -0.2) is 4.21 Å². The molecule has 0 saturated heterocycles. The summed E-state index contributed by atoms with van der Waals surface area (Å²) in [5, 5.41) is 0.585. The molecule has 0 radical (unpaired) electrons. The first-order valence-electron chi connectivity index (χ1n) is 4.59. The normalized spacial score (nSPS) is 17.3. The number of hydrogen-bond acceptors (Lipinski definition) is 1. The van der Waals surface area contributed by atoms with Crippen LogP contribution >= 0.6 is 11.6 Å². The van der Waals surface area contributed by atoms with Gasteiger partial charge < -0.3 is 0 Å². The quantitative estimate of drug-likeness (QED) is 0.582. The fourth-order valence-electron chi connectivity index (χ4n) is 1.87. The maximum Gasteiger partial charge on any atom is 0.0877 e. The molecule has 0 amide bonds. The Morgan fingerprint density at radius 2 is 1.67 bits per heavy atom. The first-order chi connectivity index (χ1) is 7.29. The largest absolute Gasteiger partial charge is 0.249 e. The fraction of sp³-hybridized carbons (Fsp3) is 0. The summed E-state index contributed by atoms with van der Waals surface area (Å²) in [4.78, 5) is 1.61. The second-order valence-corrected chi connectivity index (χ2v) is 5.17. The third-order valence-electron chi connectivity index (χ3n) is 2.53. The average molecular weight is 235 g/mol. The lowest BCUT2D eigenvalue weighted by atomic mass is 10.1. The average Bonchev–Trinajstić information content (AvgIpc) is 2.55. The summed E-state index contributed by atoms with van der Waals surface area (Å²) in [7, 11) is -1.12. The third-order valence-corrected chi connectivity index (χ3v) is 4.52. The second kappa shape index (κ2) is 3.19. The van der Waals surface area contributed by atoms with Crippen LogP contribution in [0.15, 0.2) is 52.3 Å². The Morgan fingerprint density at radius 3 is 2.53 bits per heavy atom. The van der Waals surface area contributed by atoms with Crippen LogP contribution in [0, 0.1) is 0 Å². The number of hydrogen-bond donors (Lipinski definition) is 0. The van der Waals surface area contributed by atoms with E-state index in [2.05, 4.69) is 0 Å². The standard InChI is InChI=1S/C12H7ClOS/c13-10-6-3-5-9-8-4-1-2-7-11(8)15(14)12(9)10/h1-7H. The molecular formula is C12H7ClOS. The van der Waals surface area contributed by atoms with E-state index in [4.69, 9.17) is 11.6 Å². The van der Waals surface area contributed by atoms with Gasteiger partial charge in [-0.1, -0.05) is 41.9 Å². The van der Waals surface area contributed by atoms with Crippen LogP contribution in [0.25, 0.3) is 11.1 Å². The Balaban J connectivity index is 2.43. The van der Waals surface area contributed by atoms with E-state index in [-0.39, 0.29) is 0 Å². The lowest BCUT2D eigenvalue weighted by Crippen LogP contribution is -1.86. The van der Waals surface area contributed by atoms with E-state index in [1.807, 2.05) is 36.4 Å². The summed E-state index contributed by atoms with van der Waals surface area (Å²) >= 11 is 6.06. The van der Waals surface area contributed by atoms with E-state index in [0.29, 0.717) is 5.02 Å². The molecule has 1 nitrogen and oxygen atoms in total. The highest BCUT2D eigenvalue weighted by Crippen LogP contribution is 2.43. The van der Waals surface area contributed by atoms with Gasteiger partial charge in [-0.2, -0.15) is 0 Å². The molecule has 2 aromatic rings. The van der Waals surface area contributed by atoms with Crippen molar-refractivity contribution < 1.29 is 4.21 Å². The molecule has 1 heterocycles. The van der Waals surface area contributed by atoms with Crippen molar-refractivity contribution in [2.45, 2.75) is 9.79 Å². The third kappa shape index (κ3) is 1.18. The van der Waals surface area contributed by atoms with Gasteiger partial charge in [-0.15, -0.1) is 0 Å². The molecule has 15 heavy (non-hydrogen) atoms. The molecule has 0 bridgehead atoms. The van der Waals surface area contributed by atoms with Crippen molar-refractivity contribution >= 4 is 22.4 Å². The predicted octanol–water partition coefficient (Wildman–Crippen LogP) is 3.49. The Labute approximate surface area is 95.2 Å². The SMILES string of the molecule is O=S1c2ccccc2-c2cccc(Cl)c21. The van der Waals surface area contributed by atoms with Crippen LogP contribution in [0.5, 0.6) is 0 Å². The first kappa shape index (κ1) is 9.13. The first-order valence-corrected chi connectivity index (χ1v) is 6.11. The van der Waals surface area contributed by atoms with E-state index in [1.54, 1.807) is 6.07 Å². The van der Waals surface area contributed by atoms with Gasteiger partial charge in [0, 0.05) is 5.56 Å². The molecule has 1 aliphatic rings. The van der Waals surface area contributed by atoms with Crippen molar-refractivity contribution in [3.8, 4) is 11.1 Å². The van der Waals surface area contributed by atoms with E-state index in [9.17, 15) is 4.21 Å². The van der Waals surface area contributed by atoms with Gasteiger partial charge in [0.15, 0.2) is 0 Å². The predicted molar refractivity (Wildman–Crippen MR) is 61.6 cm³/mol. The molecule has 0 N–H and O–H groups in total. The number of benzene rings is 2. The summed E-state index contributed by atoms with van der Waals surface area (Å²) in [6, 6.07) is 13.4. The molecule has 3 heteroatoms. The lowest BCUT2D eigenvalue weighted by molar-refractivity contribution is 0.685. The number of halogens is 1. The maximum atomic E-state index is 12.1. The summed E-state index contributed by atoms with van der Waals surface area (Å²) in [6.07, 6.45) is 0. The van der Waals surface area contributed by atoms with Crippen molar-refractivity contribution in [2.75, 3.05) is 0 Å². The van der Waals surface area contributed by atoms with Crippen LogP contribution in [0.1, 0.15) is 0 Å². The highest BCUT2D eigenvalue weighted by molar-refractivity contribution is 7.86. The highest BCUT2D eigenvalue weighted by Gasteiger charge is 2.26. The van der Waals surface area contributed by atoms with Gasteiger partial charge in [-0.25, -0.2) is 4.21 Å². The summed E-state index contributed by atoms with van der Waals surface area (Å²) in [5.41, 5.74) is 2.03. The van der Waals surface area contributed by atoms with E-state index >= 15 is 0 Å². The van der Waals surface area contributed by atoms with Crippen LogP contribution < -0.4 is 0 Å². The highest BCUT2D eigenvalue weighted by atomic mass is 35.5. The molecule has 0 spiro atoms. The topological polar surface area (TPSA) is 17.1 Å². The maximum absolute atomic E-state index is 12.1. The molecule has 0 saturated carbocycles. The van der Waals surface area contributed by atoms with Gasteiger partial charge in [-0.05, 0) is 17.7 Å². The molecule has 2 aromatic carbocycles. The van der Waals surface area contributed by atoms with Crippen LogP contribution in [0.4, 0.5) is 0 Å². The van der Waals surface area contributed by atoms with Gasteiger partial charge >= 0.3 is 0 Å². The van der Waals surface area contributed by atoms with Crippen molar-refractivity contribution in [3.05, 3.63) is 47.5 Å². The summed E-state index contributed by atoms with van der Waals surface area (Å²) in [6.45, 7) is 0. The minimum absolute atomic E-state index is 0.585. The fourth-order valence-corrected chi connectivity index (χ4v) is 3.68. The Morgan fingerprint density at radius 1 is 0.933 bits per heavy atom. The van der Waals surface area contributed by atoms with Gasteiger partial charge in [0.05, 0.1) is 25.6 Å². The van der Waals surface area contributed by atoms with E-state index in [0.717, 1.165) is 20.9 Å². The zero-order valence-corrected chi connectivity index (χ0v) is 9.31. The summed E-state index contributed by atoms with van der Waals surface area (Å²) in [5.74, 6) is 0. The van der Waals surface area contributed by atoms with Crippen molar-refractivity contribution in [1.82, 2.24) is 0 Å². The van der Waals surface area contributed by atoms with Gasteiger partial charge in [0.1, 0.15) is 0 Å². The number of fused-ring (bicyclic) bond motifs is 3. The molecule has 1 atom stereocenters. The minimum Gasteiger partial charge on any atom is -0.249 e. The Bertz CT molecular complexity index is 578. The molecule has 3 rings (SSSR count). The smallest absolute Gasteiger partial charge is 0.0877 e. The second-order valence-electron chi connectivity index (χ2n) is 3.38. The van der Waals surface area contributed by atoms with Gasteiger partial charge in [0.25, 0.3) is 0 Å². The van der Waals surface area contributed by atoms with Crippen molar-refractivity contribution in [1.29, 1.82) is 0 Å². The zero-order valence-electron chi connectivity index (χ0n) is 7.74. The lowest BCUT2D eigenvalue weighted by Gasteiger charge is -1.99. The monoisotopic (exact) mass is 234 g/mol. The molecule has 0 aromatic heterocycles. The molecule has 1 unspecified atom stereocenters. The molecule has 74 valence electrons. The Hall–Kier alpha value is -1.12. The van der Waals surface area contributed by atoms with Crippen LogP contribution in [0.3, 0.4) is 0 Å². The van der Waals surface area contributed by atoms with E-state index < -0.39 is 10.8 Å². The van der Waals surface area contributed by atoms with E-state index in [1.165, 1.54) is 0 Å². The molecule has 0 aliphatic carbocycles. The number of rotatable bonds is 0. The van der Waals surface area contributed by atoms with Crippen LogP contribution in [-0.2, 0) is 10.8 Å². The van der Waals surface area contributed by atoms with Crippen LogP contribution in [0.2, 0.25) is 5.02 Å².